The summed E-state index contributed by atoms with van der Waals surface area (Å²) in [5.41, 5.74) is 18.0. The molecule has 33 atom stereocenters. The number of hydrogen-bond donors (Lipinski definition) is 28. The number of H-pyrrole nitrogens is 1. The number of aliphatic hydroxyl groups is 24. The molecule has 31 N–H and O–H groups in total. The van der Waals surface area contributed by atoms with Gasteiger partial charge in [-0.15, -0.1) is 23.5 Å². The normalized spacial score (nSPS) is 31.0. The largest absolute Gasteiger partial charge is 1.00 e. The number of rotatable bonds is 54. The number of aromatic nitrogens is 2. The van der Waals surface area contributed by atoms with E-state index in [-0.39, 0.29) is 109 Å². The Kier molecular flexibility index (Phi) is 67.4. The van der Waals surface area contributed by atoms with Gasteiger partial charge in [0.25, 0.3) is 0 Å². The molecule has 0 saturated carbocycles. The zero-order chi connectivity index (χ0) is 108. The number of aromatic amines is 1. The van der Waals surface area contributed by atoms with Crippen LogP contribution in [-0.2, 0) is 94.3 Å². The molecule has 3 aromatic rings. The standard InChI is InChI=1S/C19H29NO7.C17H24O10S.C16H27N3O7.2C14H26O6S.C13H25NO7.Na/c20-13(10-12-6-2-1-3-7-12)14(22)8-4-5-9-26-19-18(25)17(24)16(23)15(11-21)27-19;18-9-13-14(20)15(21)16(22)17(27-13)26-8-2-1-3-12(19)10-4-6-11(7-5-10)28(23,24)25;17-10(5-9-6-18-8-19-9)11(21)3-1-2-4-25-16-15(24)14(23)13(22)12(7-20)26-16;1-8(2)9(16)5-3-4-6-21-14-13(19)12(18)11(17)10(7-15)20-14;1-2-5-9(16)6-3-4-7-21-14-13(19)12(18)11(17)10(8-15)20-14;1-7(14)8(16)4-2-3-5-20-13-12(19)11(18)10(17)9(6-15)21-13;/h1-3,6-7,13,15-19,21,23-25H,4-5,8-11,20H2;4-7,13-18,20-22H,1-3,8-9H2,(H,23,24,25);6,8,10,12-16,20,22-24H,1-5,7,17H2,(H,18,19);8,10-15,17-19H,3-7H2,1-2H3;10-15,17-19H,2-8H2,1H3;7,9-13,15,17-19H,2-6,14H2,1H3;/q;;;;;;+1/p-1/t13-,15?,16?,17?,18?,19?;;10-,12?,13?,14?,15?,16?;;;7-,9?,10?,11?,12?,13?;/m1.1..1./s1. The maximum atomic E-state index is 12.1. The molecule has 0 bridgehead atoms. The van der Waals surface area contributed by atoms with Gasteiger partial charge in [0.15, 0.2) is 30.9 Å². The first-order chi connectivity index (χ1) is 68.3. The summed E-state index contributed by atoms with van der Waals surface area (Å²) in [7, 11) is -4.56. The van der Waals surface area contributed by atoms with E-state index in [2.05, 4.69) is 9.97 Å². The Morgan fingerprint density at radius 3 is 1.03 bits per heavy atom. The molecule has 145 heavy (non-hydrogen) atoms. The number of carbonyl (C=O) groups excluding carboxylic acids is 6. The molecule has 0 radical (unpaired) electrons. The van der Waals surface area contributed by atoms with Crippen LogP contribution >= 0.6 is 23.5 Å². The molecule has 0 aliphatic carbocycles. The minimum atomic E-state index is -4.56. The zero-order valence-corrected chi connectivity index (χ0v) is 86.9. The topological polar surface area (TPSA) is 844 Å². The number of aliphatic hydroxyl groups excluding tert-OH is 24. The van der Waals surface area contributed by atoms with Crippen LogP contribution in [0.5, 0.6) is 0 Å². The molecule has 6 aliphatic rings. The number of ketones is 6. The van der Waals surface area contributed by atoms with Crippen LogP contribution < -0.4 is 46.8 Å². The van der Waals surface area contributed by atoms with Gasteiger partial charge in [0.2, 0.25) is 0 Å². The van der Waals surface area contributed by atoms with E-state index in [1.54, 1.807) is 13.1 Å². The number of imidazole rings is 1. The molecule has 7 heterocycles. The van der Waals surface area contributed by atoms with Crippen LogP contribution in [0.25, 0.3) is 0 Å². The third kappa shape index (κ3) is 46.9. The molecule has 9 rings (SSSR count). The number of nitrogens with one attached hydrogen (secondary N) is 1. The number of thioether (sulfide) groups is 2. The Hall–Kier alpha value is -4.20. The van der Waals surface area contributed by atoms with Crippen molar-refractivity contribution in [3.8, 4) is 0 Å². The van der Waals surface area contributed by atoms with E-state index in [9.17, 15) is 134 Å². The first kappa shape index (κ1) is 135. The van der Waals surface area contributed by atoms with Crippen molar-refractivity contribution in [3.05, 3.63) is 83.9 Å². The molecular formula is C93H156N5NaO43S3. The zero-order valence-electron chi connectivity index (χ0n) is 82.4. The quantitative estimate of drug-likeness (QED) is 0.0108. The van der Waals surface area contributed by atoms with Crippen molar-refractivity contribution in [2.45, 2.75) is 375 Å². The van der Waals surface area contributed by atoms with Crippen LogP contribution in [0.4, 0.5) is 0 Å². The third-order valence-corrected chi connectivity index (χ3v) is 27.3. The maximum Gasteiger partial charge on any atom is 1.00 e. The van der Waals surface area contributed by atoms with Crippen molar-refractivity contribution in [2.75, 3.05) is 77.6 Å². The third-order valence-electron chi connectivity index (χ3n) is 24.0. The fraction of sp³-hybridized carbons (Fsp3) is 0.774. The number of benzene rings is 2. The van der Waals surface area contributed by atoms with E-state index in [1.165, 1.54) is 42.0 Å². The van der Waals surface area contributed by atoms with Crippen LogP contribution in [-0.4, -0.2) is 458 Å². The van der Waals surface area contributed by atoms with Crippen molar-refractivity contribution in [1.29, 1.82) is 0 Å². The number of hydrogen-bond acceptors (Lipinski definition) is 49. The van der Waals surface area contributed by atoms with Crippen LogP contribution in [0.15, 0.2) is 72.0 Å². The molecule has 2 aromatic carbocycles. The molecule has 30 unspecified atom stereocenters. The molecule has 0 amide bonds. The number of ether oxygens (including phenoxy) is 10. The first-order valence-corrected chi connectivity index (χ1v) is 51.8. The summed E-state index contributed by atoms with van der Waals surface area (Å²) >= 11 is 2.65. The van der Waals surface area contributed by atoms with Gasteiger partial charge < -0.3 is 197 Å². The molecule has 1 aromatic heterocycles. The summed E-state index contributed by atoms with van der Waals surface area (Å²) in [6.45, 7) is 5.20. The summed E-state index contributed by atoms with van der Waals surface area (Å²) in [6.07, 6.45) is -20.1. The van der Waals surface area contributed by atoms with Gasteiger partial charge in [0, 0.05) is 101 Å². The molecule has 830 valence electrons. The average molecular weight is 2150 g/mol. The van der Waals surface area contributed by atoms with E-state index in [0.29, 0.717) is 114 Å². The number of unbranched alkanes of at least 4 members (excludes halogenated alkanes) is 6. The van der Waals surface area contributed by atoms with E-state index in [1.807, 2.05) is 51.1 Å². The second-order valence-corrected chi connectivity index (χ2v) is 39.6. The Morgan fingerprint density at radius 1 is 0.393 bits per heavy atom. The van der Waals surface area contributed by atoms with Gasteiger partial charge in [-0.1, -0.05) is 63.2 Å². The van der Waals surface area contributed by atoms with Crippen molar-refractivity contribution in [3.63, 3.8) is 0 Å². The molecule has 52 heteroatoms. The monoisotopic (exact) mass is 2150 g/mol. The second kappa shape index (κ2) is 72.5. The fourth-order valence-electron chi connectivity index (χ4n) is 14.8. The SMILES string of the molecule is CC(C)C(=O)CCCCSC1OC(CO)C(O)C(O)C1O.CCCC(=O)CCCCSC1OC(CO)C(O)C(O)C1O.C[C@@H](N)C(=O)CCCCOC1OC(CO)C(O)C(O)C1O.N[C@H](Cc1ccccc1)C(=O)CCCCOC1OC(CO)C(O)C(O)C1O.N[C@H](Cc1cnc[nH]1)C(=O)CCCCOC1OC(CO)C(O)C(O)C1O.O=C(CCCCOC1OC(CO)C(O)C(O)C1O)c1ccc(S(=O)(=O)[O-])cc1.[Na+]. The van der Waals surface area contributed by atoms with E-state index in [0.717, 1.165) is 55.5 Å². The van der Waals surface area contributed by atoms with Crippen LogP contribution in [0, 0.1) is 5.92 Å². The fourth-order valence-corrected chi connectivity index (χ4v) is 17.7. The van der Waals surface area contributed by atoms with Crippen molar-refractivity contribution in [1.82, 2.24) is 9.97 Å². The van der Waals surface area contributed by atoms with Crippen molar-refractivity contribution in [2.24, 2.45) is 23.1 Å². The summed E-state index contributed by atoms with van der Waals surface area (Å²) in [4.78, 5) is 76.6. The molecule has 0 spiro atoms. The van der Waals surface area contributed by atoms with Crippen LogP contribution in [0.2, 0.25) is 0 Å². The molecule has 6 saturated heterocycles. The first-order valence-electron chi connectivity index (χ1n) is 48.3. The molecular weight excluding hydrogens is 1990 g/mol. The van der Waals surface area contributed by atoms with E-state index >= 15 is 0 Å². The minimum Gasteiger partial charge on any atom is -0.744 e. The second-order valence-electron chi connectivity index (χ2n) is 35.8. The predicted octanol–water partition coefficient (Wildman–Crippen LogP) is -9.42. The Bertz CT molecular complexity index is 4060. The number of nitrogens with two attached hydrogens (primary N) is 3. The van der Waals surface area contributed by atoms with Gasteiger partial charge in [-0.2, -0.15) is 0 Å². The summed E-state index contributed by atoms with van der Waals surface area (Å²) in [5.74, 6) is 1.59. The molecule has 6 aliphatic heterocycles. The average Bonchev–Trinajstić information content (AvgIpc) is 1.30. The van der Waals surface area contributed by atoms with Crippen LogP contribution in [0.3, 0.4) is 0 Å². The van der Waals surface area contributed by atoms with E-state index in [4.69, 9.17) is 95.2 Å². The number of carbonyl (C=O) groups is 6. The minimum absolute atomic E-state index is 0. The number of nitrogens with zero attached hydrogens (tertiary/aromatic N) is 1. The van der Waals surface area contributed by atoms with Gasteiger partial charge in [-0.05, 0) is 126 Å². The predicted molar refractivity (Wildman–Crippen MR) is 510 cm³/mol. The van der Waals surface area contributed by atoms with Gasteiger partial charge in [-0.25, -0.2) is 13.4 Å². The summed E-state index contributed by atoms with van der Waals surface area (Å²) in [6, 6.07) is 12.7. The van der Waals surface area contributed by atoms with Gasteiger partial charge >= 0.3 is 29.6 Å². The molecule has 48 nitrogen and oxygen atoms in total. The summed E-state index contributed by atoms with van der Waals surface area (Å²) < 4.78 is 85.6. The van der Waals surface area contributed by atoms with Crippen molar-refractivity contribution >= 4 is 68.3 Å². The Morgan fingerprint density at radius 2 is 0.710 bits per heavy atom. The summed E-state index contributed by atoms with van der Waals surface area (Å²) in [5, 5.41) is 229. The van der Waals surface area contributed by atoms with Gasteiger partial charge in [-0.3, -0.25) is 28.8 Å². The smallest absolute Gasteiger partial charge is 0.744 e. The van der Waals surface area contributed by atoms with Gasteiger partial charge in [0.1, 0.15) is 196 Å². The maximum absolute atomic E-state index is 12.1. The van der Waals surface area contributed by atoms with Crippen molar-refractivity contribution < 1.29 is 241 Å². The van der Waals surface area contributed by atoms with Crippen LogP contribution in [0.1, 0.15) is 178 Å². The number of Topliss-reactive ketones (excluding diaryl/α,β-unsaturated/α-hetero) is 6. The van der Waals surface area contributed by atoms with E-state index < -0.39 is 255 Å². The van der Waals surface area contributed by atoms with Gasteiger partial charge in [0.05, 0.1) is 69.0 Å². The molecule has 6 fully saturated rings. The Labute approximate surface area is 873 Å². The Balaban J connectivity index is 0.000000448.